The smallest absolute Gasteiger partial charge is 0.184 e. The van der Waals surface area contributed by atoms with Crippen LogP contribution in [0.25, 0.3) is 0 Å². The number of nitrogens with zero attached hydrogens (tertiary/aromatic N) is 4. The molecule has 1 aromatic heterocycles. The molecule has 1 fully saturated rings. The van der Waals surface area contributed by atoms with Crippen LogP contribution in [0, 0.1) is 5.92 Å². The first-order valence-corrected chi connectivity index (χ1v) is 10.5. The first kappa shape index (κ1) is 15.4. The predicted molar refractivity (Wildman–Crippen MR) is 99.3 cm³/mol. The van der Waals surface area contributed by atoms with Gasteiger partial charge in [0.1, 0.15) is 6.17 Å². The summed E-state index contributed by atoms with van der Waals surface area (Å²) in [5.74, 6) is 0.409. The van der Waals surface area contributed by atoms with Crippen LogP contribution in [0.1, 0.15) is 37.1 Å². The Labute approximate surface area is 145 Å². The van der Waals surface area contributed by atoms with Crippen LogP contribution in [0.5, 0.6) is 0 Å². The topological polar surface area (TPSA) is 40.9 Å². The zero-order valence-electron chi connectivity index (χ0n) is 13.4. The van der Waals surface area contributed by atoms with E-state index in [9.17, 15) is 0 Å². The van der Waals surface area contributed by atoms with Crippen molar-refractivity contribution >= 4 is 34.5 Å². The van der Waals surface area contributed by atoms with Gasteiger partial charge in [0, 0.05) is 42.4 Å². The van der Waals surface area contributed by atoms with Crippen molar-refractivity contribution in [2.45, 2.75) is 50.7 Å². The molecule has 6 heteroatoms. The lowest BCUT2D eigenvalue weighted by Crippen LogP contribution is -2.46. The Morgan fingerprint density at radius 3 is 2.96 bits per heavy atom. The van der Waals surface area contributed by atoms with E-state index in [1.807, 2.05) is 6.20 Å². The number of allylic oxidation sites excluding steroid dienone is 1. The SMILES string of the molecule is CSC1=NC2C(C=N1)CC(Cc1nccs1)=CN2C1CCCC1. The predicted octanol–water partition coefficient (Wildman–Crippen LogP) is 3.96. The van der Waals surface area contributed by atoms with E-state index in [1.165, 1.54) is 36.3 Å². The number of aliphatic imine (C=N–C) groups is 2. The van der Waals surface area contributed by atoms with Crippen molar-refractivity contribution in [3.63, 3.8) is 0 Å². The van der Waals surface area contributed by atoms with Gasteiger partial charge in [-0.25, -0.2) is 15.0 Å². The average Bonchev–Trinajstić information content (AvgIpc) is 3.27. The van der Waals surface area contributed by atoms with Crippen molar-refractivity contribution in [2.75, 3.05) is 6.26 Å². The molecule has 4 rings (SSSR count). The van der Waals surface area contributed by atoms with Crippen LogP contribution in [-0.2, 0) is 6.42 Å². The van der Waals surface area contributed by atoms with E-state index in [4.69, 9.17) is 4.99 Å². The highest BCUT2D eigenvalue weighted by Gasteiger charge is 2.36. The van der Waals surface area contributed by atoms with Crippen molar-refractivity contribution in [1.29, 1.82) is 0 Å². The second-order valence-electron chi connectivity index (χ2n) is 6.45. The lowest BCUT2D eigenvalue weighted by Gasteiger charge is -2.42. The summed E-state index contributed by atoms with van der Waals surface area (Å²) < 4.78 is 0. The summed E-state index contributed by atoms with van der Waals surface area (Å²) >= 11 is 3.40. The van der Waals surface area contributed by atoms with Gasteiger partial charge in [-0.05, 0) is 31.1 Å². The third-order valence-corrected chi connectivity index (χ3v) is 6.28. The van der Waals surface area contributed by atoms with E-state index in [1.54, 1.807) is 23.1 Å². The second kappa shape index (κ2) is 6.77. The van der Waals surface area contributed by atoms with Crippen LogP contribution in [0.4, 0.5) is 0 Å². The van der Waals surface area contributed by atoms with Gasteiger partial charge < -0.3 is 4.90 Å². The molecule has 0 saturated heterocycles. The maximum atomic E-state index is 4.93. The number of rotatable bonds is 3. The third kappa shape index (κ3) is 3.24. The molecular formula is C17H22N4S2. The number of thioether (sulfide) groups is 1. The van der Waals surface area contributed by atoms with Gasteiger partial charge in [-0.15, -0.1) is 11.3 Å². The van der Waals surface area contributed by atoms with E-state index in [0.717, 1.165) is 18.0 Å². The summed E-state index contributed by atoms with van der Waals surface area (Å²) in [7, 11) is 0. The van der Waals surface area contributed by atoms with Gasteiger partial charge >= 0.3 is 0 Å². The Morgan fingerprint density at radius 2 is 2.22 bits per heavy atom. The molecule has 0 aromatic carbocycles. The van der Waals surface area contributed by atoms with E-state index in [2.05, 4.69) is 38.9 Å². The molecule has 0 spiro atoms. The summed E-state index contributed by atoms with van der Waals surface area (Å²) in [6, 6.07) is 0.646. The second-order valence-corrected chi connectivity index (χ2v) is 8.20. The molecule has 1 saturated carbocycles. The Balaban J connectivity index is 1.62. The van der Waals surface area contributed by atoms with Crippen molar-refractivity contribution < 1.29 is 0 Å². The number of hydrogen-bond acceptors (Lipinski definition) is 6. The van der Waals surface area contributed by atoms with Gasteiger partial charge in [0.15, 0.2) is 5.17 Å². The van der Waals surface area contributed by atoms with E-state index in [-0.39, 0.29) is 6.17 Å². The molecule has 1 aromatic rings. The van der Waals surface area contributed by atoms with Crippen molar-refractivity contribution in [1.82, 2.24) is 9.88 Å². The highest BCUT2D eigenvalue weighted by atomic mass is 32.2. The molecule has 2 aliphatic heterocycles. The summed E-state index contributed by atoms with van der Waals surface area (Å²) in [6.07, 6.45) is 16.1. The lowest BCUT2D eigenvalue weighted by atomic mass is 9.90. The van der Waals surface area contributed by atoms with Crippen molar-refractivity contribution in [2.24, 2.45) is 15.9 Å². The highest BCUT2D eigenvalue weighted by molar-refractivity contribution is 8.13. The maximum Gasteiger partial charge on any atom is 0.184 e. The summed E-state index contributed by atoms with van der Waals surface area (Å²) in [5.41, 5.74) is 1.47. The summed E-state index contributed by atoms with van der Waals surface area (Å²) in [4.78, 5) is 16.5. The normalized spacial score (nSPS) is 27.8. The molecule has 4 nitrogen and oxygen atoms in total. The van der Waals surface area contributed by atoms with Gasteiger partial charge in [0.05, 0.1) is 5.01 Å². The zero-order valence-corrected chi connectivity index (χ0v) is 15.0. The molecule has 2 atom stereocenters. The molecule has 23 heavy (non-hydrogen) atoms. The van der Waals surface area contributed by atoms with Crippen LogP contribution in [-0.4, -0.2) is 39.7 Å². The molecule has 2 unspecified atom stereocenters. The van der Waals surface area contributed by atoms with Crippen LogP contribution in [0.15, 0.2) is 33.3 Å². The number of hydrogen-bond donors (Lipinski definition) is 0. The van der Waals surface area contributed by atoms with Gasteiger partial charge in [-0.1, -0.05) is 24.6 Å². The Hall–Kier alpha value is -1.14. The minimum atomic E-state index is 0.248. The molecule has 0 amide bonds. The Kier molecular flexibility index (Phi) is 4.53. The van der Waals surface area contributed by atoms with Crippen LogP contribution >= 0.6 is 23.1 Å². The first-order chi connectivity index (χ1) is 11.3. The monoisotopic (exact) mass is 346 g/mol. The molecule has 122 valence electrons. The fourth-order valence-corrected chi connectivity index (χ4v) is 4.90. The largest absolute Gasteiger partial charge is 0.352 e. The maximum absolute atomic E-state index is 4.93. The van der Waals surface area contributed by atoms with E-state index >= 15 is 0 Å². The highest BCUT2D eigenvalue weighted by Crippen LogP contribution is 2.36. The van der Waals surface area contributed by atoms with E-state index < -0.39 is 0 Å². The Bertz CT molecular complexity index is 629. The average molecular weight is 347 g/mol. The van der Waals surface area contributed by atoms with Crippen molar-refractivity contribution in [3.05, 3.63) is 28.4 Å². The Morgan fingerprint density at radius 1 is 1.35 bits per heavy atom. The van der Waals surface area contributed by atoms with Crippen LogP contribution < -0.4 is 0 Å². The molecule has 3 aliphatic rings. The number of aromatic nitrogens is 1. The molecule has 1 aliphatic carbocycles. The van der Waals surface area contributed by atoms with Crippen LogP contribution in [0.3, 0.4) is 0 Å². The van der Waals surface area contributed by atoms with Gasteiger partial charge in [0.25, 0.3) is 0 Å². The van der Waals surface area contributed by atoms with Crippen molar-refractivity contribution in [3.8, 4) is 0 Å². The minimum Gasteiger partial charge on any atom is -0.352 e. The number of thiazole rings is 1. The first-order valence-electron chi connectivity index (χ1n) is 8.35. The van der Waals surface area contributed by atoms with E-state index in [0.29, 0.717) is 12.0 Å². The zero-order chi connectivity index (χ0) is 15.6. The fourth-order valence-electron chi connectivity index (χ4n) is 3.85. The standard InChI is InChI=1S/C17H22N4S2/c1-22-17-19-10-13-8-12(9-15-18-6-7-23-15)11-21(16(13)20-17)14-4-2-3-5-14/h6-7,10-11,13-14,16H,2-5,8-9H2,1H3. The fraction of sp³-hybridized carbons (Fsp3) is 0.588. The molecular weight excluding hydrogens is 324 g/mol. The van der Waals surface area contributed by atoms with Gasteiger partial charge in [0.2, 0.25) is 0 Å². The van der Waals surface area contributed by atoms with Gasteiger partial charge in [-0.2, -0.15) is 0 Å². The molecule has 0 bridgehead atoms. The molecule has 0 N–H and O–H groups in total. The number of amidine groups is 1. The lowest BCUT2D eigenvalue weighted by molar-refractivity contribution is 0.164. The quantitative estimate of drug-likeness (QED) is 0.832. The third-order valence-electron chi connectivity index (χ3n) is 4.93. The minimum absolute atomic E-state index is 0.248. The summed E-state index contributed by atoms with van der Waals surface area (Å²) in [5, 5.41) is 4.20. The van der Waals surface area contributed by atoms with Crippen LogP contribution in [0.2, 0.25) is 0 Å². The van der Waals surface area contributed by atoms with Gasteiger partial charge in [-0.3, -0.25) is 0 Å². The number of fused-ring (bicyclic) bond motifs is 1. The molecule has 3 heterocycles. The summed E-state index contributed by atoms with van der Waals surface area (Å²) in [6.45, 7) is 0. The molecule has 0 radical (unpaired) electrons.